The van der Waals surface area contributed by atoms with Crippen LogP contribution in [0.2, 0.25) is 5.02 Å². The average molecular weight is 193 g/mol. The Morgan fingerprint density at radius 2 is 2.31 bits per heavy atom. The van der Waals surface area contributed by atoms with Crippen LogP contribution in [0.3, 0.4) is 0 Å². The van der Waals surface area contributed by atoms with Crippen molar-refractivity contribution in [1.29, 1.82) is 0 Å². The van der Waals surface area contributed by atoms with E-state index in [1.165, 1.54) is 0 Å². The fraction of sp³-hybridized carbons (Fsp3) is 0.100. The van der Waals surface area contributed by atoms with E-state index < -0.39 is 0 Å². The minimum absolute atomic E-state index is 0.676. The van der Waals surface area contributed by atoms with E-state index in [2.05, 4.69) is 11.2 Å². The lowest BCUT2D eigenvalue weighted by molar-refractivity contribution is 0.399. The van der Waals surface area contributed by atoms with Gasteiger partial charge in [0.2, 0.25) is 0 Å². The standard InChI is InChI=1S/C10H7ClNO/c1-7-5-10(12-13-7)8-3-2-4-9(11)6-8/h2-4,6H,1H3. The van der Waals surface area contributed by atoms with E-state index >= 15 is 0 Å². The lowest BCUT2D eigenvalue weighted by atomic mass is 10.1. The quantitative estimate of drug-likeness (QED) is 0.694. The van der Waals surface area contributed by atoms with Crippen LogP contribution in [0.5, 0.6) is 0 Å². The molecular formula is C10H7ClNO. The molecule has 0 spiro atoms. The van der Waals surface area contributed by atoms with E-state index in [9.17, 15) is 0 Å². The summed E-state index contributed by atoms with van der Waals surface area (Å²) in [6.07, 6.45) is 0. The van der Waals surface area contributed by atoms with Gasteiger partial charge in [0.1, 0.15) is 11.5 Å². The van der Waals surface area contributed by atoms with E-state index in [1.807, 2.05) is 24.3 Å². The Labute approximate surface area is 81.1 Å². The van der Waals surface area contributed by atoms with Gasteiger partial charge in [-0.15, -0.1) is 0 Å². The molecule has 0 aliphatic rings. The van der Waals surface area contributed by atoms with Crippen LogP contribution >= 0.6 is 11.6 Å². The van der Waals surface area contributed by atoms with Gasteiger partial charge in [0.15, 0.2) is 0 Å². The van der Waals surface area contributed by atoms with Gasteiger partial charge in [0.05, 0.1) is 6.07 Å². The van der Waals surface area contributed by atoms with Crippen LogP contribution in [0.15, 0.2) is 28.8 Å². The predicted octanol–water partition coefficient (Wildman–Crippen LogP) is 3.10. The summed E-state index contributed by atoms with van der Waals surface area (Å²) in [6, 6.07) is 10.4. The number of hydrogen-bond donors (Lipinski definition) is 0. The largest absolute Gasteiger partial charge is 0.360 e. The van der Waals surface area contributed by atoms with Gasteiger partial charge < -0.3 is 4.52 Å². The molecule has 0 unspecified atom stereocenters. The Kier molecular flexibility index (Phi) is 2.07. The summed E-state index contributed by atoms with van der Waals surface area (Å²) in [6.45, 7) is 1.81. The zero-order valence-corrected chi connectivity index (χ0v) is 7.80. The normalized spacial score (nSPS) is 10.3. The molecule has 0 saturated carbocycles. The number of hydrogen-bond acceptors (Lipinski definition) is 2. The minimum atomic E-state index is 0.676. The molecule has 1 radical (unpaired) electrons. The van der Waals surface area contributed by atoms with E-state index in [0.29, 0.717) is 16.5 Å². The van der Waals surface area contributed by atoms with Crippen LogP contribution in [-0.4, -0.2) is 5.16 Å². The van der Waals surface area contributed by atoms with Crippen molar-refractivity contribution in [2.45, 2.75) is 6.92 Å². The van der Waals surface area contributed by atoms with Crippen LogP contribution < -0.4 is 0 Å². The molecule has 65 valence electrons. The molecule has 3 heteroatoms. The van der Waals surface area contributed by atoms with Crippen molar-refractivity contribution < 1.29 is 4.52 Å². The fourth-order valence-electron chi connectivity index (χ4n) is 1.09. The highest BCUT2D eigenvalue weighted by Crippen LogP contribution is 2.21. The number of benzene rings is 1. The number of nitrogens with zero attached hydrogens (tertiary/aromatic N) is 1. The van der Waals surface area contributed by atoms with Crippen LogP contribution in [0.1, 0.15) is 5.76 Å². The molecule has 1 aromatic carbocycles. The van der Waals surface area contributed by atoms with Crippen molar-refractivity contribution in [3.63, 3.8) is 0 Å². The molecule has 0 N–H and O–H groups in total. The summed E-state index contributed by atoms with van der Waals surface area (Å²) >= 11 is 5.83. The Balaban J connectivity index is 2.46. The first-order valence-electron chi connectivity index (χ1n) is 3.87. The zero-order valence-electron chi connectivity index (χ0n) is 7.04. The summed E-state index contributed by atoms with van der Waals surface area (Å²) < 4.78 is 4.91. The molecule has 0 atom stereocenters. The number of halogens is 1. The third-order valence-electron chi connectivity index (χ3n) is 1.67. The lowest BCUT2D eigenvalue weighted by Gasteiger charge is -1.94. The molecule has 13 heavy (non-hydrogen) atoms. The SMILES string of the molecule is Cc1[c]c(-c2cccc(Cl)c2)no1. The molecule has 2 rings (SSSR count). The van der Waals surface area contributed by atoms with E-state index in [4.69, 9.17) is 16.1 Å². The molecule has 1 aromatic heterocycles. The Hall–Kier alpha value is -1.28. The molecule has 0 aliphatic carbocycles. The molecule has 0 bridgehead atoms. The van der Waals surface area contributed by atoms with Crippen LogP contribution in [0, 0.1) is 13.0 Å². The van der Waals surface area contributed by atoms with Crippen molar-refractivity contribution in [3.05, 3.63) is 41.1 Å². The predicted molar refractivity (Wildman–Crippen MR) is 50.5 cm³/mol. The number of aryl methyl sites for hydroxylation is 1. The maximum absolute atomic E-state index is 5.83. The maximum Gasteiger partial charge on any atom is 0.142 e. The van der Waals surface area contributed by atoms with Gasteiger partial charge >= 0.3 is 0 Å². The molecule has 0 saturated heterocycles. The van der Waals surface area contributed by atoms with Gasteiger partial charge in [-0.3, -0.25) is 0 Å². The minimum Gasteiger partial charge on any atom is -0.360 e. The molecule has 0 amide bonds. The second-order valence-corrected chi connectivity index (χ2v) is 3.16. The smallest absolute Gasteiger partial charge is 0.142 e. The Bertz CT molecular complexity index is 422. The second-order valence-electron chi connectivity index (χ2n) is 2.72. The summed E-state index contributed by atoms with van der Waals surface area (Å²) in [7, 11) is 0. The first kappa shape index (κ1) is 8.32. The van der Waals surface area contributed by atoms with E-state index in [0.717, 1.165) is 5.56 Å². The molecule has 0 fully saturated rings. The first-order chi connectivity index (χ1) is 6.25. The van der Waals surface area contributed by atoms with Crippen molar-refractivity contribution in [2.24, 2.45) is 0 Å². The maximum atomic E-state index is 5.83. The van der Waals surface area contributed by atoms with Gasteiger partial charge in [-0.1, -0.05) is 28.9 Å². The number of aromatic nitrogens is 1. The second kappa shape index (κ2) is 3.23. The van der Waals surface area contributed by atoms with E-state index in [-0.39, 0.29) is 0 Å². The zero-order chi connectivity index (χ0) is 9.26. The van der Waals surface area contributed by atoms with Crippen LogP contribution in [0.25, 0.3) is 11.3 Å². The molecule has 0 aliphatic heterocycles. The number of rotatable bonds is 1. The Morgan fingerprint density at radius 1 is 1.46 bits per heavy atom. The summed E-state index contributed by atoms with van der Waals surface area (Å²) in [5, 5.41) is 4.52. The van der Waals surface area contributed by atoms with Crippen molar-refractivity contribution >= 4 is 11.6 Å². The van der Waals surface area contributed by atoms with Gasteiger partial charge in [-0.2, -0.15) is 0 Å². The van der Waals surface area contributed by atoms with Gasteiger partial charge in [-0.05, 0) is 19.1 Å². The van der Waals surface area contributed by atoms with Crippen molar-refractivity contribution in [2.75, 3.05) is 0 Å². The molecule has 2 aromatic rings. The monoisotopic (exact) mass is 192 g/mol. The topological polar surface area (TPSA) is 26.0 Å². The summed E-state index contributed by atoms with van der Waals surface area (Å²) in [5.41, 5.74) is 1.62. The first-order valence-corrected chi connectivity index (χ1v) is 4.25. The molecule has 2 nitrogen and oxygen atoms in total. The van der Waals surface area contributed by atoms with Gasteiger partial charge in [-0.25, -0.2) is 0 Å². The lowest BCUT2D eigenvalue weighted by Crippen LogP contribution is -1.75. The fourth-order valence-corrected chi connectivity index (χ4v) is 1.28. The average Bonchev–Trinajstić information content (AvgIpc) is 2.52. The third kappa shape index (κ3) is 1.73. The summed E-state index contributed by atoms with van der Waals surface area (Å²) in [5.74, 6) is 0.676. The summed E-state index contributed by atoms with van der Waals surface area (Å²) in [4.78, 5) is 0. The van der Waals surface area contributed by atoms with Gasteiger partial charge in [0, 0.05) is 10.6 Å². The van der Waals surface area contributed by atoms with Crippen LogP contribution in [-0.2, 0) is 0 Å². The Morgan fingerprint density at radius 3 is 2.92 bits per heavy atom. The molecule has 1 heterocycles. The molecular weight excluding hydrogens is 186 g/mol. The third-order valence-corrected chi connectivity index (χ3v) is 1.90. The highest BCUT2D eigenvalue weighted by Gasteiger charge is 2.03. The van der Waals surface area contributed by atoms with E-state index in [1.54, 1.807) is 6.92 Å². The highest BCUT2D eigenvalue weighted by molar-refractivity contribution is 6.30. The van der Waals surface area contributed by atoms with Crippen LogP contribution in [0.4, 0.5) is 0 Å². The highest BCUT2D eigenvalue weighted by atomic mass is 35.5. The van der Waals surface area contributed by atoms with Gasteiger partial charge in [0.25, 0.3) is 0 Å². The van der Waals surface area contributed by atoms with Crippen molar-refractivity contribution in [3.8, 4) is 11.3 Å². The van der Waals surface area contributed by atoms with Crippen molar-refractivity contribution in [1.82, 2.24) is 5.16 Å².